The minimum absolute atomic E-state index is 0.458. The Balaban J connectivity index is 1.65. The van der Waals surface area contributed by atoms with Crippen LogP contribution in [-0.4, -0.2) is 15.4 Å². The van der Waals surface area contributed by atoms with Gasteiger partial charge in [0.05, 0.1) is 16.3 Å². The number of nitrogens with zero attached hydrogens (tertiary/aromatic N) is 2. The van der Waals surface area contributed by atoms with Crippen molar-refractivity contribution in [3.05, 3.63) is 29.0 Å². The summed E-state index contributed by atoms with van der Waals surface area (Å²) in [4.78, 5) is 4.43. The van der Waals surface area contributed by atoms with Crippen LogP contribution in [0.5, 0.6) is 0 Å². The molecule has 1 heterocycles. The highest BCUT2D eigenvalue weighted by Gasteiger charge is 2.16. The predicted octanol–water partition coefficient (Wildman–Crippen LogP) is 4.54. The zero-order chi connectivity index (χ0) is 14.7. The van der Waals surface area contributed by atoms with E-state index < -0.39 is 0 Å². The Morgan fingerprint density at radius 1 is 1.29 bits per heavy atom. The van der Waals surface area contributed by atoms with E-state index in [4.69, 9.17) is 21.9 Å². The molecule has 0 aliphatic heterocycles. The third kappa shape index (κ3) is 3.71. The molecule has 1 aromatic heterocycles. The summed E-state index contributed by atoms with van der Waals surface area (Å²) in [5.41, 5.74) is 7.04. The Hall–Kier alpha value is -1.20. The van der Waals surface area contributed by atoms with Crippen LogP contribution in [-0.2, 0) is 5.75 Å². The minimum atomic E-state index is 0.458. The van der Waals surface area contributed by atoms with Gasteiger partial charge in [0.25, 0.3) is 5.89 Å². The number of thioether (sulfide) groups is 1. The molecule has 2 aromatic rings. The van der Waals surface area contributed by atoms with E-state index in [0.29, 0.717) is 16.6 Å². The zero-order valence-corrected chi connectivity index (χ0v) is 13.3. The fraction of sp³-hybridized carbons (Fsp3) is 0.467. The third-order valence-corrected chi connectivity index (χ3v) is 5.37. The van der Waals surface area contributed by atoms with Crippen molar-refractivity contribution in [1.82, 2.24) is 10.1 Å². The van der Waals surface area contributed by atoms with Crippen LogP contribution in [0, 0.1) is 0 Å². The van der Waals surface area contributed by atoms with Crippen molar-refractivity contribution in [3.8, 4) is 11.5 Å². The van der Waals surface area contributed by atoms with Gasteiger partial charge in [-0.1, -0.05) is 36.0 Å². The van der Waals surface area contributed by atoms with Gasteiger partial charge in [-0.25, -0.2) is 0 Å². The molecule has 2 N–H and O–H groups in total. The molecular weight excluding hydrogens is 306 g/mol. The number of halogens is 1. The summed E-state index contributed by atoms with van der Waals surface area (Å²) in [5, 5.41) is 5.31. The molecule has 1 aromatic carbocycles. The van der Waals surface area contributed by atoms with Crippen LogP contribution in [0.4, 0.5) is 5.69 Å². The second-order valence-electron chi connectivity index (χ2n) is 5.33. The normalized spacial score (nSPS) is 16.2. The molecule has 1 fully saturated rings. The second-order valence-corrected chi connectivity index (χ2v) is 7.02. The summed E-state index contributed by atoms with van der Waals surface area (Å²) in [6, 6.07) is 5.28. The van der Waals surface area contributed by atoms with E-state index in [2.05, 4.69) is 10.1 Å². The maximum atomic E-state index is 6.16. The van der Waals surface area contributed by atoms with E-state index in [9.17, 15) is 0 Å². The number of rotatable bonds is 4. The molecule has 0 atom stereocenters. The fourth-order valence-corrected chi connectivity index (χ4v) is 3.99. The molecule has 0 saturated heterocycles. The van der Waals surface area contributed by atoms with Crippen LogP contribution < -0.4 is 5.73 Å². The molecule has 1 aliphatic carbocycles. The summed E-state index contributed by atoms with van der Waals surface area (Å²) in [6.45, 7) is 0. The first-order valence-electron chi connectivity index (χ1n) is 7.22. The van der Waals surface area contributed by atoms with Crippen LogP contribution in [0.3, 0.4) is 0 Å². The number of anilines is 1. The van der Waals surface area contributed by atoms with Crippen molar-refractivity contribution in [3.63, 3.8) is 0 Å². The summed E-state index contributed by atoms with van der Waals surface area (Å²) in [7, 11) is 0. The summed E-state index contributed by atoms with van der Waals surface area (Å²) in [5.74, 6) is 1.98. The molecule has 21 heavy (non-hydrogen) atoms. The molecule has 0 bridgehead atoms. The van der Waals surface area contributed by atoms with Gasteiger partial charge < -0.3 is 10.3 Å². The summed E-state index contributed by atoms with van der Waals surface area (Å²) < 4.78 is 5.31. The van der Waals surface area contributed by atoms with Crippen LogP contribution in [0.25, 0.3) is 11.5 Å². The Bertz CT molecular complexity index is 611. The topological polar surface area (TPSA) is 64.9 Å². The van der Waals surface area contributed by atoms with Crippen molar-refractivity contribution in [2.24, 2.45) is 0 Å². The summed E-state index contributed by atoms with van der Waals surface area (Å²) >= 11 is 8.09. The number of benzene rings is 1. The van der Waals surface area contributed by atoms with Crippen molar-refractivity contribution < 1.29 is 4.52 Å². The lowest BCUT2D eigenvalue weighted by Crippen LogP contribution is -2.08. The van der Waals surface area contributed by atoms with E-state index in [-0.39, 0.29) is 0 Å². The van der Waals surface area contributed by atoms with Crippen LogP contribution in [0.1, 0.15) is 37.9 Å². The molecule has 1 aliphatic rings. The van der Waals surface area contributed by atoms with Gasteiger partial charge in [0.15, 0.2) is 5.82 Å². The van der Waals surface area contributed by atoms with Crippen LogP contribution >= 0.6 is 23.4 Å². The standard InChI is InChI=1S/C15H18ClN3OS/c16-13-8-10(17)6-7-12(13)15-18-14(19-20-15)9-21-11-4-2-1-3-5-11/h6-8,11H,1-5,9,17H2. The molecule has 1 saturated carbocycles. The average Bonchev–Trinajstić information content (AvgIpc) is 2.95. The number of hydrogen-bond acceptors (Lipinski definition) is 5. The number of aromatic nitrogens is 2. The quantitative estimate of drug-likeness (QED) is 0.837. The Morgan fingerprint density at radius 2 is 2.10 bits per heavy atom. The SMILES string of the molecule is Nc1ccc(-c2nc(CSC3CCCCC3)no2)c(Cl)c1. The molecule has 0 unspecified atom stereocenters. The Kier molecular flexibility index (Phi) is 4.70. The van der Waals surface area contributed by atoms with Gasteiger partial charge in [-0.15, -0.1) is 0 Å². The van der Waals surface area contributed by atoms with Crippen molar-refractivity contribution in [2.45, 2.75) is 43.1 Å². The second kappa shape index (κ2) is 6.71. The van der Waals surface area contributed by atoms with Gasteiger partial charge in [-0.3, -0.25) is 0 Å². The van der Waals surface area contributed by atoms with E-state index in [1.807, 2.05) is 17.8 Å². The lowest BCUT2D eigenvalue weighted by Gasteiger charge is -2.19. The Morgan fingerprint density at radius 3 is 2.86 bits per heavy atom. The number of hydrogen-bond donors (Lipinski definition) is 1. The van der Waals surface area contributed by atoms with E-state index in [1.54, 1.807) is 12.1 Å². The van der Waals surface area contributed by atoms with Crippen LogP contribution in [0.15, 0.2) is 22.7 Å². The first kappa shape index (κ1) is 14.7. The first-order valence-corrected chi connectivity index (χ1v) is 8.64. The van der Waals surface area contributed by atoms with Gasteiger partial charge in [-0.05, 0) is 31.0 Å². The monoisotopic (exact) mass is 323 g/mol. The highest BCUT2D eigenvalue weighted by molar-refractivity contribution is 7.99. The average molecular weight is 324 g/mol. The highest BCUT2D eigenvalue weighted by Crippen LogP contribution is 2.31. The third-order valence-electron chi connectivity index (χ3n) is 3.69. The number of nitrogens with two attached hydrogens (primary N) is 1. The molecule has 4 nitrogen and oxygen atoms in total. The lowest BCUT2D eigenvalue weighted by atomic mass is 10.0. The lowest BCUT2D eigenvalue weighted by molar-refractivity contribution is 0.425. The van der Waals surface area contributed by atoms with Gasteiger partial charge in [0.1, 0.15) is 0 Å². The maximum Gasteiger partial charge on any atom is 0.259 e. The molecule has 0 amide bonds. The first-order chi connectivity index (χ1) is 10.2. The van der Waals surface area contributed by atoms with Crippen molar-refractivity contribution in [2.75, 3.05) is 5.73 Å². The number of nitrogen functional groups attached to an aromatic ring is 1. The molecule has 3 rings (SSSR count). The fourth-order valence-electron chi connectivity index (χ4n) is 2.55. The van der Waals surface area contributed by atoms with Gasteiger partial charge in [0.2, 0.25) is 0 Å². The zero-order valence-electron chi connectivity index (χ0n) is 11.7. The van der Waals surface area contributed by atoms with E-state index in [0.717, 1.165) is 22.4 Å². The molecule has 0 radical (unpaired) electrons. The minimum Gasteiger partial charge on any atom is -0.399 e. The van der Waals surface area contributed by atoms with Gasteiger partial charge in [0, 0.05) is 10.9 Å². The van der Waals surface area contributed by atoms with Crippen molar-refractivity contribution >= 4 is 29.1 Å². The van der Waals surface area contributed by atoms with Crippen LogP contribution in [0.2, 0.25) is 5.02 Å². The van der Waals surface area contributed by atoms with E-state index >= 15 is 0 Å². The molecule has 6 heteroatoms. The summed E-state index contributed by atoms with van der Waals surface area (Å²) in [6.07, 6.45) is 6.67. The van der Waals surface area contributed by atoms with E-state index in [1.165, 1.54) is 32.1 Å². The highest BCUT2D eigenvalue weighted by atomic mass is 35.5. The predicted molar refractivity (Wildman–Crippen MR) is 87.3 cm³/mol. The molecule has 112 valence electrons. The molecule has 0 spiro atoms. The smallest absolute Gasteiger partial charge is 0.259 e. The molecular formula is C15H18ClN3OS. The maximum absolute atomic E-state index is 6.16. The Labute approximate surface area is 133 Å². The van der Waals surface area contributed by atoms with Gasteiger partial charge in [-0.2, -0.15) is 16.7 Å². The van der Waals surface area contributed by atoms with Crippen molar-refractivity contribution in [1.29, 1.82) is 0 Å². The van der Waals surface area contributed by atoms with Gasteiger partial charge >= 0.3 is 0 Å². The largest absolute Gasteiger partial charge is 0.399 e.